The van der Waals surface area contributed by atoms with E-state index in [-0.39, 0.29) is 0 Å². The predicted octanol–water partition coefficient (Wildman–Crippen LogP) is 1.42. The Bertz CT molecular complexity index is 1330. The first-order valence-corrected chi connectivity index (χ1v) is 11.0. The number of carboxylic acids is 1. The van der Waals surface area contributed by atoms with Gasteiger partial charge in [0.05, 0.1) is 19.9 Å². The van der Waals surface area contributed by atoms with E-state index in [9.17, 15) is 29.6 Å². The Morgan fingerprint density at radius 2 is 1.83 bits per heavy atom. The summed E-state index contributed by atoms with van der Waals surface area (Å²) in [6.45, 7) is 0. The van der Waals surface area contributed by atoms with Crippen molar-refractivity contribution in [2.75, 3.05) is 19.5 Å². The average Bonchev–Trinajstić information content (AvgIpc) is 3.37. The fraction of sp³-hybridized carbons (Fsp3) is 0.333. The van der Waals surface area contributed by atoms with Gasteiger partial charge in [-0.05, 0) is 35.9 Å². The lowest BCUT2D eigenvalue weighted by Crippen LogP contribution is -2.58. The first-order chi connectivity index (χ1) is 17.2. The summed E-state index contributed by atoms with van der Waals surface area (Å²) in [6.07, 6.45) is -8.30. The van der Waals surface area contributed by atoms with Gasteiger partial charge in [0, 0.05) is 23.2 Å². The van der Waals surface area contributed by atoms with E-state index in [4.69, 9.17) is 14.2 Å². The summed E-state index contributed by atoms with van der Waals surface area (Å²) < 4.78 is 31.5. The highest BCUT2D eigenvalue weighted by Gasteiger charge is 2.49. The highest BCUT2D eigenvalue weighted by atomic mass is 19.1. The van der Waals surface area contributed by atoms with Gasteiger partial charge in [-0.15, -0.1) is 0 Å². The summed E-state index contributed by atoms with van der Waals surface area (Å²) in [7, 11) is 3.02. The van der Waals surface area contributed by atoms with Gasteiger partial charge in [-0.1, -0.05) is 6.07 Å². The van der Waals surface area contributed by atoms with E-state index in [2.05, 4.69) is 10.4 Å². The minimum absolute atomic E-state index is 0.293. The molecule has 5 atom stereocenters. The molecule has 0 amide bonds. The van der Waals surface area contributed by atoms with Crippen LogP contribution in [0.5, 0.6) is 11.5 Å². The lowest BCUT2D eigenvalue weighted by Gasteiger charge is -2.39. The molecule has 1 aliphatic carbocycles. The van der Waals surface area contributed by atoms with Crippen molar-refractivity contribution in [3.8, 4) is 22.8 Å². The monoisotopic (exact) mass is 501 g/mol. The maximum absolute atomic E-state index is 13.9. The van der Waals surface area contributed by atoms with Crippen molar-refractivity contribution in [3.05, 3.63) is 53.3 Å². The van der Waals surface area contributed by atoms with Gasteiger partial charge in [-0.3, -0.25) is 0 Å². The Hall–Kier alpha value is -3.71. The fourth-order valence-electron chi connectivity index (χ4n) is 4.62. The molecule has 0 bridgehead atoms. The third-order valence-corrected chi connectivity index (χ3v) is 6.40. The molecule has 3 aromatic rings. The SMILES string of the molecule is COc1cc2c(cc1OC)-c1nn([C@@H]3O[C@H](C(=O)O)[C@@H](O)[C@H](O)[C@H]3O)c(Nc3cccc(F)c3)c1C2. The normalized spacial score (nSPS) is 24.7. The second-order valence-electron chi connectivity index (χ2n) is 8.55. The van der Waals surface area contributed by atoms with Crippen LogP contribution >= 0.6 is 0 Å². The molecule has 11 nitrogen and oxygen atoms in total. The maximum atomic E-state index is 13.9. The summed E-state index contributed by atoms with van der Waals surface area (Å²) in [6, 6.07) is 9.24. The molecule has 1 aliphatic heterocycles. The molecule has 2 heterocycles. The van der Waals surface area contributed by atoms with Crippen molar-refractivity contribution in [1.82, 2.24) is 9.78 Å². The molecule has 1 fully saturated rings. The Labute approximate surface area is 204 Å². The molecular weight excluding hydrogens is 477 g/mol. The second-order valence-corrected chi connectivity index (χ2v) is 8.55. The van der Waals surface area contributed by atoms with Crippen LogP contribution in [0.15, 0.2) is 36.4 Å². The molecule has 2 aromatic carbocycles. The van der Waals surface area contributed by atoms with Crippen LogP contribution in [0.2, 0.25) is 0 Å². The van der Waals surface area contributed by atoms with Crippen molar-refractivity contribution in [2.45, 2.75) is 37.1 Å². The summed E-state index contributed by atoms with van der Waals surface area (Å²) in [5, 5.41) is 48.4. The molecule has 36 heavy (non-hydrogen) atoms. The standard InChI is InChI=1S/C24H24FN3O8/c1-34-15-7-10-6-14-17(13(10)9-16(15)35-2)27-28(22(14)26-12-5-3-4-11(25)8-12)23-20(31)18(29)19(30)21(36-23)24(32)33/h3-5,7-9,18-21,23,26,29-31H,6H2,1-2H3,(H,32,33)/t18-,19-,20+,21-,23+/m0/s1. The van der Waals surface area contributed by atoms with Gasteiger partial charge >= 0.3 is 5.97 Å². The van der Waals surface area contributed by atoms with E-state index < -0.39 is 42.4 Å². The van der Waals surface area contributed by atoms with Crippen LogP contribution in [0.25, 0.3) is 11.3 Å². The van der Waals surface area contributed by atoms with Crippen LogP contribution in [-0.4, -0.2) is 74.8 Å². The first kappa shape index (κ1) is 24.0. The van der Waals surface area contributed by atoms with Crippen LogP contribution in [-0.2, 0) is 16.0 Å². The highest BCUT2D eigenvalue weighted by Crippen LogP contribution is 2.46. The van der Waals surface area contributed by atoms with Gasteiger partial charge in [0.25, 0.3) is 0 Å². The molecule has 0 spiro atoms. The van der Waals surface area contributed by atoms with Crippen LogP contribution in [0, 0.1) is 5.82 Å². The van der Waals surface area contributed by atoms with Gasteiger partial charge in [-0.2, -0.15) is 5.10 Å². The number of aliphatic carboxylic acids is 1. The van der Waals surface area contributed by atoms with E-state index in [0.717, 1.165) is 5.56 Å². The van der Waals surface area contributed by atoms with Crippen LogP contribution in [0.3, 0.4) is 0 Å². The number of methoxy groups -OCH3 is 2. The summed E-state index contributed by atoms with van der Waals surface area (Å²) in [4.78, 5) is 11.7. The van der Waals surface area contributed by atoms with Gasteiger partial charge in [0.1, 0.15) is 29.9 Å². The van der Waals surface area contributed by atoms with Crippen molar-refractivity contribution < 1.29 is 43.8 Å². The number of halogens is 1. The number of aliphatic hydroxyl groups is 3. The number of hydrogen-bond acceptors (Lipinski definition) is 9. The van der Waals surface area contributed by atoms with E-state index in [0.29, 0.717) is 46.2 Å². The number of hydrogen-bond donors (Lipinski definition) is 5. The van der Waals surface area contributed by atoms with Crippen LogP contribution < -0.4 is 14.8 Å². The number of carbonyl (C=O) groups is 1. The molecule has 12 heteroatoms. The van der Waals surface area contributed by atoms with Crippen molar-refractivity contribution in [1.29, 1.82) is 0 Å². The minimum Gasteiger partial charge on any atom is -0.493 e. The summed E-state index contributed by atoms with van der Waals surface area (Å²) in [5.41, 5.74) is 3.11. The van der Waals surface area contributed by atoms with Gasteiger partial charge in [0.15, 0.2) is 23.8 Å². The Morgan fingerprint density at radius 3 is 2.50 bits per heavy atom. The number of ether oxygens (including phenoxy) is 3. The Morgan fingerprint density at radius 1 is 1.11 bits per heavy atom. The van der Waals surface area contributed by atoms with Gasteiger partial charge < -0.3 is 40.0 Å². The van der Waals surface area contributed by atoms with E-state index in [1.54, 1.807) is 12.1 Å². The highest BCUT2D eigenvalue weighted by molar-refractivity contribution is 5.82. The van der Waals surface area contributed by atoms with Crippen molar-refractivity contribution in [2.24, 2.45) is 0 Å². The molecule has 1 saturated heterocycles. The largest absolute Gasteiger partial charge is 0.493 e. The first-order valence-electron chi connectivity index (χ1n) is 11.0. The zero-order valence-corrected chi connectivity index (χ0v) is 19.3. The zero-order chi connectivity index (χ0) is 25.7. The third-order valence-electron chi connectivity index (χ3n) is 6.40. The van der Waals surface area contributed by atoms with E-state index >= 15 is 0 Å². The molecule has 5 rings (SSSR count). The molecule has 1 aromatic heterocycles. The summed E-state index contributed by atoms with van der Waals surface area (Å²) in [5.74, 6) is -0.710. The summed E-state index contributed by atoms with van der Waals surface area (Å²) >= 11 is 0. The topological polar surface area (TPSA) is 156 Å². The number of carboxylic acid groups (broad SMARTS) is 1. The smallest absolute Gasteiger partial charge is 0.335 e. The maximum Gasteiger partial charge on any atom is 0.335 e. The Kier molecular flexibility index (Phi) is 6.04. The van der Waals surface area contributed by atoms with Gasteiger partial charge in [0.2, 0.25) is 0 Å². The molecule has 190 valence electrons. The predicted molar refractivity (Wildman–Crippen MR) is 123 cm³/mol. The number of anilines is 2. The quantitative estimate of drug-likeness (QED) is 0.262. The average molecular weight is 501 g/mol. The number of nitrogens with one attached hydrogen (secondary N) is 1. The van der Waals surface area contributed by atoms with Crippen molar-refractivity contribution in [3.63, 3.8) is 0 Å². The lowest BCUT2D eigenvalue weighted by molar-refractivity contribution is -0.248. The van der Waals surface area contributed by atoms with Gasteiger partial charge in [-0.25, -0.2) is 13.9 Å². The lowest BCUT2D eigenvalue weighted by atomic mass is 9.98. The van der Waals surface area contributed by atoms with E-state index in [1.807, 2.05) is 6.07 Å². The molecular formula is C24H24FN3O8. The second kappa shape index (κ2) is 9.06. The number of benzene rings is 2. The minimum atomic E-state index is -1.85. The molecule has 2 aliphatic rings. The number of rotatable bonds is 6. The number of nitrogens with zero attached hydrogens (tertiary/aromatic N) is 2. The number of fused-ring (bicyclic) bond motifs is 3. The van der Waals surface area contributed by atoms with E-state index in [1.165, 1.54) is 37.1 Å². The third kappa shape index (κ3) is 3.84. The zero-order valence-electron chi connectivity index (χ0n) is 19.3. The molecule has 0 saturated carbocycles. The van der Waals surface area contributed by atoms with Crippen LogP contribution in [0.4, 0.5) is 15.9 Å². The number of aliphatic hydroxyl groups excluding tert-OH is 3. The molecule has 5 N–H and O–H groups in total. The molecule has 0 radical (unpaired) electrons. The Balaban J connectivity index is 1.65. The van der Waals surface area contributed by atoms with Crippen LogP contribution in [0.1, 0.15) is 17.4 Å². The van der Waals surface area contributed by atoms with Crippen molar-refractivity contribution >= 4 is 17.5 Å². The molecule has 0 unspecified atom stereocenters. The number of aromatic nitrogens is 2. The fourth-order valence-corrected chi connectivity index (χ4v) is 4.62.